The third-order valence-electron chi connectivity index (χ3n) is 3.04. The van der Waals surface area contributed by atoms with Gasteiger partial charge in [-0.2, -0.15) is 0 Å². The lowest BCUT2D eigenvalue weighted by Crippen LogP contribution is -1.98. The van der Waals surface area contributed by atoms with Crippen molar-refractivity contribution >= 4 is 17.3 Å². The maximum atomic E-state index is 6.00. The Morgan fingerprint density at radius 3 is 2.62 bits per heavy atom. The van der Waals surface area contributed by atoms with E-state index in [1.807, 2.05) is 12.1 Å². The fourth-order valence-electron chi connectivity index (χ4n) is 2.17. The van der Waals surface area contributed by atoms with E-state index in [1.54, 1.807) is 0 Å². The van der Waals surface area contributed by atoms with Gasteiger partial charge < -0.3 is 5.32 Å². The van der Waals surface area contributed by atoms with Crippen molar-refractivity contribution in [2.24, 2.45) is 0 Å². The Hall–Kier alpha value is -1.47. The second kappa shape index (κ2) is 3.84. The van der Waals surface area contributed by atoms with Gasteiger partial charge in [0, 0.05) is 17.3 Å². The van der Waals surface area contributed by atoms with Crippen LogP contribution in [0.3, 0.4) is 0 Å². The summed E-state index contributed by atoms with van der Waals surface area (Å²) in [4.78, 5) is 0. The van der Waals surface area contributed by atoms with Gasteiger partial charge in [-0.25, -0.2) is 0 Å². The normalized spacial score (nSPS) is 13.3. The van der Waals surface area contributed by atoms with E-state index in [1.165, 1.54) is 16.7 Å². The molecule has 3 rings (SSSR count). The molecule has 0 aliphatic carbocycles. The van der Waals surface area contributed by atoms with Crippen molar-refractivity contribution in [2.45, 2.75) is 13.0 Å². The third kappa shape index (κ3) is 1.68. The van der Waals surface area contributed by atoms with Gasteiger partial charge in [0.05, 0.1) is 0 Å². The van der Waals surface area contributed by atoms with E-state index in [4.69, 9.17) is 11.6 Å². The van der Waals surface area contributed by atoms with Crippen molar-refractivity contribution < 1.29 is 0 Å². The molecule has 1 N–H and O–H groups in total. The lowest BCUT2D eigenvalue weighted by atomic mass is 10.0. The Balaban J connectivity index is 2.08. The predicted molar refractivity (Wildman–Crippen MR) is 68.0 cm³/mol. The Bertz CT molecular complexity index is 534. The Morgan fingerprint density at radius 2 is 1.75 bits per heavy atom. The van der Waals surface area contributed by atoms with Gasteiger partial charge in [-0.1, -0.05) is 41.9 Å². The largest absolute Gasteiger partial charge is 0.381 e. The Labute approximate surface area is 100 Å². The fraction of sp³-hybridized carbons (Fsp3) is 0.143. The summed E-state index contributed by atoms with van der Waals surface area (Å²) in [6, 6.07) is 14.6. The summed E-state index contributed by atoms with van der Waals surface area (Å²) in [7, 11) is 0. The first-order valence-electron chi connectivity index (χ1n) is 5.42. The SMILES string of the molecule is Clc1ccc2c(c1)NCc1ccccc1C2. The molecule has 2 heteroatoms. The van der Waals surface area contributed by atoms with Gasteiger partial charge in [-0.15, -0.1) is 0 Å². The van der Waals surface area contributed by atoms with Crippen LogP contribution in [0.2, 0.25) is 5.02 Å². The minimum absolute atomic E-state index is 0.789. The maximum Gasteiger partial charge on any atom is 0.0426 e. The molecule has 2 aromatic carbocycles. The molecule has 16 heavy (non-hydrogen) atoms. The lowest BCUT2D eigenvalue weighted by molar-refractivity contribution is 1.12. The van der Waals surface area contributed by atoms with Gasteiger partial charge in [-0.3, -0.25) is 0 Å². The van der Waals surface area contributed by atoms with Crippen molar-refractivity contribution in [3.63, 3.8) is 0 Å². The van der Waals surface area contributed by atoms with Gasteiger partial charge in [0.25, 0.3) is 0 Å². The number of hydrogen-bond acceptors (Lipinski definition) is 1. The summed E-state index contributed by atoms with van der Waals surface area (Å²) in [5.41, 5.74) is 5.24. The van der Waals surface area contributed by atoms with Crippen LogP contribution in [0.1, 0.15) is 16.7 Å². The first-order valence-corrected chi connectivity index (χ1v) is 5.80. The van der Waals surface area contributed by atoms with Crippen molar-refractivity contribution in [2.75, 3.05) is 5.32 Å². The summed E-state index contributed by atoms with van der Waals surface area (Å²) < 4.78 is 0. The van der Waals surface area contributed by atoms with Crippen molar-refractivity contribution in [3.8, 4) is 0 Å². The smallest absolute Gasteiger partial charge is 0.0426 e. The van der Waals surface area contributed by atoms with E-state index in [2.05, 4.69) is 35.6 Å². The molecule has 1 heterocycles. The maximum absolute atomic E-state index is 6.00. The first kappa shape index (κ1) is 9.73. The second-order valence-electron chi connectivity index (χ2n) is 4.10. The Morgan fingerprint density at radius 1 is 0.938 bits per heavy atom. The zero-order valence-corrected chi connectivity index (χ0v) is 9.59. The standard InChI is InChI=1S/C14H12ClN/c15-13-6-5-11-7-10-3-1-2-4-12(10)9-16-14(11)8-13/h1-6,8,16H,7,9H2. The van der Waals surface area contributed by atoms with Gasteiger partial charge in [-0.05, 0) is 35.2 Å². The molecule has 0 atom stereocenters. The van der Waals surface area contributed by atoms with E-state index in [0.717, 1.165) is 23.7 Å². The molecule has 0 fully saturated rings. The van der Waals surface area contributed by atoms with Crippen molar-refractivity contribution in [1.29, 1.82) is 0 Å². The highest BCUT2D eigenvalue weighted by Gasteiger charge is 2.11. The van der Waals surface area contributed by atoms with Gasteiger partial charge in [0.1, 0.15) is 0 Å². The topological polar surface area (TPSA) is 12.0 Å². The number of fused-ring (bicyclic) bond motifs is 2. The number of hydrogen-bond donors (Lipinski definition) is 1. The Kier molecular flexibility index (Phi) is 2.33. The van der Waals surface area contributed by atoms with E-state index in [0.29, 0.717) is 0 Å². The minimum atomic E-state index is 0.789. The number of rotatable bonds is 0. The van der Waals surface area contributed by atoms with Crippen LogP contribution in [0, 0.1) is 0 Å². The zero-order valence-electron chi connectivity index (χ0n) is 8.83. The van der Waals surface area contributed by atoms with Crippen LogP contribution in [0.5, 0.6) is 0 Å². The molecule has 0 spiro atoms. The van der Waals surface area contributed by atoms with Gasteiger partial charge >= 0.3 is 0 Å². The summed E-state index contributed by atoms with van der Waals surface area (Å²) in [5.74, 6) is 0. The zero-order chi connectivity index (χ0) is 11.0. The van der Waals surface area contributed by atoms with Crippen LogP contribution in [-0.2, 0) is 13.0 Å². The average molecular weight is 230 g/mol. The van der Waals surface area contributed by atoms with Crippen molar-refractivity contribution in [3.05, 3.63) is 64.2 Å². The molecule has 1 aliphatic rings. The molecule has 0 bridgehead atoms. The molecule has 0 saturated carbocycles. The number of nitrogens with one attached hydrogen (secondary N) is 1. The summed E-state index contributed by atoms with van der Waals surface area (Å²) in [6.07, 6.45) is 0.982. The van der Waals surface area contributed by atoms with E-state index < -0.39 is 0 Å². The van der Waals surface area contributed by atoms with Crippen molar-refractivity contribution in [1.82, 2.24) is 0 Å². The molecule has 80 valence electrons. The molecule has 0 radical (unpaired) electrons. The summed E-state index contributed by atoms with van der Waals surface area (Å²) in [5, 5.41) is 4.23. The predicted octanol–water partition coefficient (Wildman–Crippen LogP) is 3.86. The highest BCUT2D eigenvalue weighted by molar-refractivity contribution is 6.30. The van der Waals surface area contributed by atoms with Gasteiger partial charge in [0.2, 0.25) is 0 Å². The first-order chi connectivity index (χ1) is 7.83. The average Bonchev–Trinajstić information content (AvgIpc) is 2.48. The number of benzene rings is 2. The molecule has 0 aromatic heterocycles. The summed E-state index contributed by atoms with van der Waals surface area (Å²) >= 11 is 6.00. The molecule has 0 unspecified atom stereocenters. The minimum Gasteiger partial charge on any atom is -0.381 e. The third-order valence-corrected chi connectivity index (χ3v) is 3.28. The van der Waals surface area contributed by atoms with Crippen LogP contribution >= 0.6 is 11.6 Å². The highest BCUT2D eigenvalue weighted by Crippen LogP contribution is 2.28. The van der Waals surface area contributed by atoms with Crippen LogP contribution in [0.4, 0.5) is 5.69 Å². The molecular weight excluding hydrogens is 218 g/mol. The molecule has 1 aliphatic heterocycles. The van der Waals surface area contributed by atoms with Crippen LogP contribution in [0.15, 0.2) is 42.5 Å². The van der Waals surface area contributed by atoms with E-state index in [-0.39, 0.29) is 0 Å². The molecule has 0 saturated heterocycles. The lowest BCUT2D eigenvalue weighted by Gasteiger charge is -2.07. The number of halogens is 1. The van der Waals surface area contributed by atoms with Crippen LogP contribution in [0.25, 0.3) is 0 Å². The second-order valence-corrected chi connectivity index (χ2v) is 4.54. The molecule has 2 aromatic rings. The fourth-order valence-corrected chi connectivity index (χ4v) is 2.34. The van der Waals surface area contributed by atoms with Crippen LogP contribution in [-0.4, -0.2) is 0 Å². The highest BCUT2D eigenvalue weighted by atomic mass is 35.5. The van der Waals surface area contributed by atoms with Crippen LogP contribution < -0.4 is 5.32 Å². The van der Waals surface area contributed by atoms with E-state index in [9.17, 15) is 0 Å². The quantitative estimate of drug-likeness (QED) is 0.724. The summed E-state index contributed by atoms with van der Waals surface area (Å²) in [6.45, 7) is 0.878. The molecular formula is C14H12ClN. The molecule has 1 nitrogen and oxygen atoms in total. The molecule has 0 amide bonds. The monoisotopic (exact) mass is 229 g/mol. The van der Waals surface area contributed by atoms with E-state index >= 15 is 0 Å². The van der Waals surface area contributed by atoms with Gasteiger partial charge in [0.15, 0.2) is 0 Å². The number of anilines is 1.